The fourth-order valence-corrected chi connectivity index (χ4v) is 2.20. The summed E-state index contributed by atoms with van der Waals surface area (Å²) in [4.78, 5) is 12.4. The average Bonchev–Trinajstić information content (AvgIpc) is 2.51. The van der Waals surface area contributed by atoms with Gasteiger partial charge in [-0.25, -0.2) is 0 Å². The van der Waals surface area contributed by atoms with Crippen molar-refractivity contribution in [3.63, 3.8) is 0 Å². The number of rotatable bonds is 5. The number of carbonyl (C=O) groups is 1. The highest BCUT2D eigenvalue weighted by atomic mass is 16.5. The molecular weight excluding hydrogens is 264 g/mol. The van der Waals surface area contributed by atoms with Crippen LogP contribution in [0.4, 0.5) is 5.69 Å². The minimum Gasteiger partial charge on any atom is -0.497 e. The first-order chi connectivity index (χ1) is 10.2. The van der Waals surface area contributed by atoms with E-state index < -0.39 is 0 Å². The molecule has 3 N–H and O–H groups in total. The van der Waals surface area contributed by atoms with Crippen molar-refractivity contribution in [3.8, 4) is 5.75 Å². The van der Waals surface area contributed by atoms with Crippen LogP contribution < -0.4 is 15.8 Å². The summed E-state index contributed by atoms with van der Waals surface area (Å²) in [5, 5.41) is 2.94. The summed E-state index contributed by atoms with van der Waals surface area (Å²) in [7, 11) is 1.62. The summed E-state index contributed by atoms with van der Waals surface area (Å²) >= 11 is 0. The van der Waals surface area contributed by atoms with Crippen LogP contribution in [0.1, 0.15) is 17.0 Å². The predicted molar refractivity (Wildman–Crippen MR) is 84.6 cm³/mol. The molecule has 0 saturated heterocycles. The molecule has 2 aromatic carbocycles. The zero-order valence-corrected chi connectivity index (χ0v) is 12.3. The first kappa shape index (κ1) is 15.1. The maximum absolute atomic E-state index is 12.4. The summed E-state index contributed by atoms with van der Waals surface area (Å²) in [5.41, 5.74) is 8.41. The van der Waals surface area contributed by atoms with Gasteiger partial charge in [-0.05, 0) is 36.2 Å². The van der Waals surface area contributed by atoms with Crippen molar-refractivity contribution in [2.45, 2.75) is 12.8 Å². The summed E-state index contributed by atoms with van der Waals surface area (Å²) < 4.78 is 5.16. The van der Waals surface area contributed by atoms with E-state index >= 15 is 0 Å². The van der Waals surface area contributed by atoms with Crippen LogP contribution in [0.15, 0.2) is 48.5 Å². The third-order valence-corrected chi connectivity index (χ3v) is 3.45. The lowest BCUT2D eigenvalue weighted by atomic mass is 9.98. The number of benzene rings is 2. The zero-order chi connectivity index (χ0) is 15.2. The minimum atomic E-state index is -0.354. The summed E-state index contributed by atoms with van der Waals surface area (Å²) in [6.07, 6.45) is 0. The summed E-state index contributed by atoms with van der Waals surface area (Å²) in [6, 6.07) is 15.1. The van der Waals surface area contributed by atoms with Crippen molar-refractivity contribution < 1.29 is 9.53 Å². The lowest BCUT2D eigenvalue weighted by Gasteiger charge is -2.16. The van der Waals surface area contributed by atoms with Crippen molar-refractivity contribution in [1.29, 1.82) is 0 Å². The molecule has 1 atom stereocenters. The molecule has 0 saturated carbocycles. The first-order valence-electron chi connectivity index (χ1n) is 6.86. The molecule has 0 fully saturated rings. The number of anilines is 1. The number of ether oxygens (including phenoxy) is 1. The SMILES string of the molecule is COc1ccc(NC(=O)C(CN)c2ccccc2)c(C)c1. The van der Waals surface area contributed by atoms with Crippen LogP contribution in [0.5, 0.6) is 5.75 Å². The molecular formula is C17H20N2O2. The minimum absolute atomic E-state index is 0.100. The number of methoxy groups -OCH3 is 1. The average molecular weight is 284 g/mol. The number of aryl methyl sites for hydroxylation is 1. The van der Waals surface area contributed by atoms with Crippen LogP contribution in [-0.4, -0.2) is 19.6 Å². The van der Waals surface area contributed by atoms with Gasteiger partial charge >= 0.3 is 0 Å². The van der Waals surface area contributed by atoms with E-state index in [0.29, 0.717) is 0 Å². The highest BCUT2D eigenvalue weighted by molar-refractivity contribution is 5.96. The molecule has 4 nitrogen and oxygen atoms in total. The Kier molecular flexibility index (Phi) is 4.95. The van der Waals surface area contributed by atoms with Gasteiger partial charge in [-0.15, -0.1) is 0 Å². The Balaban J connectivity index is 2.16. The maximum Gasteiger partial charge on any atom is 0.233 e. The molecule has 0 aromatic heterocycles. The Morgan fingerprint density at radius 1 is 1.24 bits per heavy atom. The molecule has 0 aliphatic rings. The van der Waals surface area contributed by atoms with E-state index in [4.69, 9.17) is 10.5 Å². The Morgan fingerprint density at radius 2 is 1.95 bits per heavy atom. The predicted octanol–water partition coefficient (Wildman–Crippen LogP) is 2.68. The molecule has 0 aliphatic carbocycles. The van der Waals surface area contributed by atoms with Gasteiger partial charge in [-0.3, -0.25) is 4.79 Å². The van der Waals surface area contributed by atoms with E-state index in [2.05, 4.69) is 5.32 Å². The molecule has 21 heavy (non-hydrogen) atoms. The Bertz CT molecular complexity index is 611. The van der Waals surface area contributed by atoms with Gasteiger partial charge in [0.25, 0.3) is 0 Å². The Labute approximate surface area is 124 Å². The van der Waals surface area contributed by atoms with Crippen LogP contribution in [0.3, 0.4) is 0 Å². The molecule has 0 heterocycles. The van der Waals surface area contributed by atoms with Crippen molar-refractivity contribution >= 4 is 11.6 Å². The maximum atomic E-state index is 12.4. The third-order valence-electron chi connectivity index (χ3n) is 3.45. The van der Waals surface area contributed by atoms with Crippen molar-refractivity contribution in [2.75, 3.05) is 19.0 Å². The normalized spacial score (nSPS) is 11.8. The zero-order valence-electron chi connectivity index (χ0n) is 12.3. The molecule has 2 rings (SSSR count). The van der Waals surface area contributed by atoms with Gasteiger partial charge in [0.1, 0.15) is 5.75 Å². The van der Waals surface area contributed by atoms with Crippen molar-refractivity contribution in [2.24, 2.45) is 5.73 Å². The van der Waals surface area contributed by atoms with Gasteiger partial charge in [0.15, 0.2) is 0 Å². The lowest BCUT2D eigenvalue weighted by Crippen LogP contribution is -2.27. The smallest absolute Gasteiger partial charge is 0.233 e. The van der Waals surface area contributed by atoms with Gasteiger partial charge < -0.3 is 15.8 Å². The van der Waals surface area contributed by atoms with E-state index in [9.17, 15) is 4.79 Å². The molecule has 0 radical (unpaired) electrons. The Hall–Kier alpha value is -2.33. The Morgan fingerprint density at radius 3 is 2.52 bits per heavy atom. The molecule has 1 unspecified atom stereocenters. The van der Waals surface area contributed by atoms with Gasteiger partial charge in [0.05, 0.1) is 13.0 Å². The van der Waals surface area contributed by atoms with E-state index in [1.54, 1.807) is 7.11 Å². The van der Waals surface area contributed by atoms with Crippen molar-refractivity contribution in [1.82, 2.24) is 0 Å². The van der Waals surface area contributed by atoms with E-state index in [1.807, 2.05) is 55.5 Å². The number of nitrogens with two attached hydrogens (primary N) is 1. The number of carbonyl (C=O) groups excluding carboxylic acids is 1. The molecule has 0 spiro atoms. The van der Waals surface area contributed by atoms with E-state index in [0.717, 1.165) is 22.6 Å². The number of amides is 1. The summed E-state index contributed by atoms with van der Waals surface area (Å²) in [6.45, 7) is 2.20. The fraction of sp³-hybridized carbons (Fsp3) is 0.235. The van der Waals surface area contributed by atoms with Gasteiger partial charge in [0, 0.05) is 12.2 Å². The van der Waals surface area contributed by atoms with Crippen LogP contribution in [0.2, 0.25) is 0 Å². The second-order valence-corrected chi connectivity index (χ2v) is 4.87. The lowest BCUT2D eigenvalue weighted by molar-refractivity contribution is -0.117. The molecule has 0 bridgehead atoms. The first-order valence-corrected chi connectivity index (χ1v) is 6.86. The third kappa shape index (κ3) is 3.61. The van der Waals surface area contributed by atoms with E-state index in [1.165, 1.54) is 0 Å². The topological polar surface area (TPSA) is 64.3 Å². The van der Waals surface area contributed by atoms with Gasteiger partial charge in [-0.1, -0.05) is 30.3 Å². The van der Waals surface area contributed by atoms with Crippen LogP contribution in [0, 0.1) is 6.92 Å². The molecule has 2 aromatic rings. The molecule has 4 heteroatoms. The van der Waals surface area contributed by atoms with Gasteiger partial charge in [-0.2, -0.15) is 0 Å². The monoisotopic (exact) mass is 284 g/mol. The highest BCUT2D eigenvalue weighted by Gasteiger charge is 2.19. The molecule has 0 aliphatic heterocycles. The number of hydrogen-bond acceptors (Lipinski definition) is 3. The second kappa shape index (κ2) is 6.90. The quantitative estimate of drug-likeness (QED) is 0.887. The molecule has 110 valence electrons. The van der Waals surface area contributed by atoms with Crippen LogP contribution >= 0.6 is 0 Å². The van der Waals surface area contributed by atoms with Crippen LogP contribution in [-0.2, 0) is 4.79 Å². The van der Waals surface area contributed by atoms with Gasteiger partial charge in [0.2, 0.25) is 5.91 Å². The number of nitrogens with one attached hydrogen (secondary N) is 1. The second-order valence-electron chi connectivity index (χ2n) is 4.87. The molecule has 1 amide bonds. The van der Waals surface area contributed by atoms with Crippen molar-refractivity contribution in [3.05, 3.63) is 59.7 Å². The highest BCUT2D eigenvalue weighted by Crippen LogP contribution is 2.23. The fourth-order valence-electron chi connectivity index (χ4n) is 2.20. The summed E-state index contributed by atoms with van der Waals surface area (Å²) in [5.74, 6) is 0.314. The van der Waals surface area contributed by atoms with E-state index in [-0.39, 0.29) is 18.4 Å². The van der Waals surface area contributed by atoms with Crippen LogP contribution in [0.25, 0.3) is 0 Å². The largest absolute Gasteiger partial charge is 0.497 e. The standard InChI is InChI=1S/C17H20N2O2/c1-12-10-14(21-2)8-9-16(12)19-17(20)15(11-18)13-6-4-3-5-7-13/h3-10,15H,11,18H2,1-2H3,(H,19,20). The number of hydrogen-bond donors (Lipinski definition) is 2.